The van der Waals surface area contributed by atoms with Crippen LogP contribution in [0.4, 0.5) is 0 Å². The molecule has 0 spiro atoms. The Bertz CT molecular complexity index is 2890. The molecule has 3 aliphatic carbocycles. The molecule has 5 atom stereocenters. The van der Waals surface area contributed by atoms with Crippen LogP contribution >= 0.6 is 0 Å². The van der Waals surface area contributed by atoms with Crippen LogP contribution < -0.4 is 0 Å². The van der Waals surface area contributed by atoms with Crippen LogP contribution in [-0.4, -0.2) is 17.0 Å². The van der Waals surface area contributed by atoms with E-state index in [1.807, 2.05) is 0 Å². The first kappa shape index (κ1) is 34.2. The van der Waals surface area contributed by atoms with Crippen molar-refractivity contribution in [2.24, 2.45) is 23.7 Å². The van der Waals surface area contributed by atoms with Gasteiger partial charge < -0.3 is 9.13 Å². The summed E-state index contributed by atoms with van der Waals surface area (Å²) in [4.78, 5) is 0. The van der Waals surface area contributed by atoms with Crippen molar-refractivity contribution >= 4 is 40.6 Å². The lowest BCUT2D eigenvalue weighted by molar-refractivity contribution is 0.334. The van der Waals surface area contributed by atoms with E-state index in [2.05, 4.69) is 192 Å². The van der Waals surface area contributed by atoms with Crippen LogP contribution in [0.25, 0.3) is 55.2 Å². The summed E-state index contributed by atoms with van der Waals surface area (Å²) < 4.78 is 5.01. The standard InChI is InChI=1S/C54H45BN2/c1-36-43(31-32-55)44-21-11-13-23-49(44)54(36,39-15-5-2-6-16-39)40-27-30-51-48(35-40)47-29-26-38(34-53(47)57(51)42-19-9-4-10-20-42)37-25-28-46-45-22-12-14-24-50(45)56(52(46)33-37)41-17-7-3-8-18-41/h2-11,13,15-21,23,25-36,43-44,49H,12,14,22,24H2,1H3/b32-31-. The van der Waals surface area contributed by atoms with E-state index in [0.717, 1.165) is 12.8 Å². The van der Waals surface area contributed by atoms with Gasteiger partial charge in [0.05, 0.1) is 16.6 Å². The highest BCUT2D eigenvalue weighted by Gasteiger charge is 2.57. The number of rotatable bonds is 6. The van der Waals surface area contributed by atoms with Gasteiger partial charge in [0, 0.05) is 38.6 Å². The molecule has 274 valence electrons. The van der Waals surface area contributed by atoms with Gasteiger partial charge in [-0.2, -0.15) is 0 Å². The summed E-state index contributed by atoms with van der Waals surface area (Å²) in [6, 6.07) is 54.7. The molecule has 5 unspecified atom stereocenters. The summed E-state index contributed by atoms with van der Waals surface area (Å²) in [6.45, 7) is 2.45. The molecule has 57 heavy (non-hydrogen) atoms. The second-order valence-corrected chi connectivity index (χ2v) is 16.5. The van der Waals surface area contributed by atoms with Gasteiger partial charge in [0.25, 0.3) is 0 Å². The lowest BCUT2D eigenvalue weighted by Gasteiger charge is -2.41. The maximum Gasteiger partial charge on any atom is 0.102 e. The first-order chi connectivity index (χ1) is 28.2. The van der Waals surface area contributed by atoms with Gasteiger partial charge in [0.15, 0.2) is 0 Å². The molecule has 0 amide bonds. The summed E-state index contributed by atoms with van der Waals surface area (Å²) in [6.07, 6.45) is 16.4. The van der Waals surface area contributed by atoms with Gasteiger partial charge in [-0.15, -0.1) is 5.98 Å². The number of aryl methyl sites for hydroxylation is 1. The van der Waals surface area contributed by atoms with Crippen molar-refractivity contribution in [3.8, 4) is 22.5 Å². The zero-order valence-electron chi connectivity index (χ0n) is 32.4. The van der Waals surface area contributed by atoms with E-state index in [9.17, 15) is 0 Å². The second kappa shape index (κ2) is 13.6. The van der Waals surface area contributed by atoms with Gasteiger partial charge in [-0.1, -0.05) is 134 Å². The van der Waals surface area contributed by atoms with Gasteiger partial charge in [-0.05, 0) is 126 Å². The summed E-state index contributed by atoms with van der Waals surface area (Å²) in [5, 5.41) is 3.95. The monoisotopic (exact) mass is 732 g/mol. The van der Waals surface area contributed by atoms with E-state index in [-0.39, 0.29) is 5.41 Å². The van der Waals surface area contributed by atoms with Gasteiger partial charge in [-0.3, -0.25) is 0 Å². The average molecular weight is 733 g/mol. The molecule has 6 aromatic carbocycles. The topological polar surface area (TPSA) is 9.86 Å². The Morgan fingerprint density at radius 1 is 0.579 bits per heavy atom. The van der Waals surface area contributed by atoms with Crippen molar-refractivity contribution in [3.05, 3.63) is 204 Å². The van der Waals surface area contributed by atoms with E-state index in [0.29, 0.717) is 23.7 Å². The maximum absolute atomic E-state index is 6.16. The number of para-hydroxylation sites is 2. The zero-order chi connectivity index (χ0) is 38.1. The summed E-state index contributed by atoms with van der Waals surface area (Å²) >= 11 is 0. The van der Waals surface area contributed by atoms with Gasteiger partial charge in [0.2, 0.25) is 0 Å². The third-order valence-corrected chi connectivity index (χ3v) is 13.9. The molecule has 8 aromatic rings. The van der Waals surface area contributed by atoms with E-state index in [1.165, 1.54) is 90.4 Å². The molecule has 0 bridgehead atoms. The molecule has 0 aliphatic heterocycles. The second-order valence-electron chi connectivity index (χ2n) is 16.5. The lowest BCUT2D eigenvalue weighted by atomic mass is 9.61. The lowest BCUT2D eigenvalue weighted by Crippen LogP contribution is -2.38. The highest BCUT2D eigenvalue weighted by Crippen LogP contribution is 2.61. The quantitative estimate of drug-likeness (QED) is 0.151. The van der Waals surface area contributed by atoms with Crippen LogP contribution in [0.3, 0.4) is 0 Å². The summed E-state index contributed by atoms with van der Waals surface area (Å²) in [7, 11) is 6.16. The molecule has 2 radical (unpaired) electrons. The fraction of sp³-hybridized carbons (Fsp3) is 0.185. The Kier molecular flexibility index (Phi) is 8.14. The number of fused-ring (bicyclic) bond motifs is 7. The molecule has 11 rings (SSSR count). The first-order valence-corrected chi connectivity index (χ1v) is 20.8. The van der Waals surface area contributed by atoms with Gasteiger partial charge >= 0.3 is 0 Å². The number of benzene rings is 6. The molecule has 1 saturated carbocycles. The van der Waals surface area contributed by atoms with Gasteiger partial charge in [-0.25, -0.2) is 0 Å². The van der Waals surface area contributed by atoms with Crippen LogP contribution in [-0.2, 0) is 18.3 Å². The molecule has 3 heteroatoms. The highest BCUT2D eigenvalue weighted by atomic mass is 15.0. The molecule has 3 aliphatic rings. The number of nitrogens with zero attached hydrogens (tertiary/aromatic N) is 2. The molecular weight excluding hydrogens is 687 g/mol. The molecule has 0 N–H and O–H groups in total. The smallest absolute Gasteiger partial charge is 0.102 e. The highest BCUT2D eigenvalue weighted by molar-refractivity contribution is 6.17. The Balaban J connectivity index is 1.13. The zero-order valence-corrected chi connectivity index (χ0v) is 32.4. The van der Waals surface area contributed by atoms with Crippen molar-refractivity contribution in [1.29, 1.82) is 0 Å². The average Bonchev–Trinajstić information content (AvgIpc) is 3.87. The molecule has 2 aromatic heterocycles. The predicted octanol–water partition coefficient (Wildman–Crippen LogP) is 12.9. The Hall–Kier alpha value is -6.06. The fourth-order valence-corrected chi connectivity index (χ4v) is 11.5. The molecular formula is C54H45BN2. The van der Waals surface area contributed by atoms with Crippen molar-refractivity contribution in [3.63, 3.8) is 0 Å². The van der Waals surface area contributed by atoms with E-state index < -0.39 is 0 Å². The molecule has 1 fully saturated rings. The number of allylic oxidation sites excluding steroid dienone is 5. The maximum atomic E-state index is 6.16. The van der Waals surface area contributed by atoms with Crippen LogP contribution in [0, 0.1) is 23.7 Å². The van der Waals surface area contributed by atoms with Crippen molar-refractivity contribution in [2.75, 3.05) is 0 Å². The number of aromatic nitrogens is 2. The normalized spacial score (nSPS) is 22.8. The number of hydrogen-bond donors (Lipinski definition) is 0. The minimum absolute atomic E-state index is 0.241. The van der Waals surface area contributed by atoms with Crippen LogP contribution in [0.15, 0.2) is 182 Å². The minimum Gasteiger partial charge on any atom is -0.313 e. The van der Waals surface area contributed by atoms with Crippen LogP contribution in [0.5, 0.6) is 0 Å². The Labute approximate surface area is 336 Å². The molecule has 2 nitrogen and oxygen atoms in total. The largest absolute Gasteiger partial charge is 0.313 e. The summed E-state index contributed by atoms with van der Waals surface area (Å²) in [5.41, 5.74) is 14.1. The van der Waals surface area contributed by atoms with Crippen molar-refractivity contribution in [1.82, 2.24) is 9.13 Å². The number of hydrogen-bond acceptors (Lipinski definition) is 0. The SMILES string of the molecule is [B]/C=C\C1C2C=CC=CC2C(c2ccccc2)(c2ccc3c(c2)c2ccc(-c4ccc5c6c(n(-c7ccccc7)c5c4)CCCC6)cc2n3-c2ccccc2)C1C. The Morgan fingerprint density at radius 3 is 1.93 bits per heavy atom. The van der Waals surface area contributed by atoms with E-state index in [4.69, 9.17) is 7.85 Å². The third-order valence-electron chi connectivity index (χ3n) is 13.9. The fourth-order valence-electron chi connectivity index (χ4n) is 11.5. The van der Waals surface area contributed by atoms with E-state index >= 15 is 0 Å². The Morgan fingerprint density at radius 2 is 1.21 bits per heavy atom. The van der Waals surface area contributed by atoms with Gasteiger partial charge in [0.1, 0.15) is 7.85 Å². The summed E-state index contributed by atoms with van der Waals surface area (Å²) in [5.74, 6) is 3.05. The minimum atomic E-state index is -0.241. The molecule has 2 heterocycles. The third kappa shape index (κ3) is 5.11. The predicted molar refractivity (Wildman–Crippen MR) is 240 cm³/mol. The van der Waals surface area contributed by atoms with Crippen molar-refractivity contribution in [2.45, 2.75) is 38.0 Å². The first-order valence-electron chi connectivity index (χ1n) is 20.8. The molecule has 0 saturated heterocycles. The van der Waals surface area contributed by atoms with Crippen LogP contribution in [0.2, 0.25) is 0 Å². The van der Waals surface area contributed by atoms with Crippen molar-refractivity contribution < 1.29 is 0 Å². The van der Waals surface area contributed by atoms with Crippen LogP contribution in [0.1, 0.15) is 42.1 Å². The van der Waals surface area contributed by atoms with E-state index in [1.54, 1.807) is 5.98 Å².